The van der Waals surface area contributed by atoms with Gasteiger partial charge in [-0.25, -0.2) is 0 Å². The van der Waals surface area contributed by atoms with Crippen LogP contribution in [0.25, 0.3) is 0 Å². The van der Waals surface area contributed by atoms with E-state index >= 15 is 0 Å². The summed E-state index contributed by atoms with van der Waals surface area (Å²) in [5.74, 6) is 0.812. The second-order valence-corrected chi connectivity index (χ2v) is 6.90. The van der Waals surface area contributed by atoms with Crippen LogP contribution in [0.4, 0.5) is 0 Å². The number of hydrogen-bond donors (Lipinski definition) is 2. The molecule has 0 aliphatic carbocycles. The maximum atomic E-state index is 5.83. The third kappa shape index (κ3) is 8.00. The summed E-state index contributed by atoms with van der Waals surface area (Å²) in [4.78, 5) is 6.77. The van der Waals surface area contributed by atoms with E-state index in [1.54, 1.807) is 14.2 Å². The second-order valence-electron chi connectivity index (χ2n) is 6.90. The first-order chi connectivity index (χ1) is 10.3. The van der Waals surface area contributed by atoms with Crippen molar-refractivity contribution in [1.29, 1.82) is 0 Å². The fraction of sp³-hybridized carbons (Fsp3) is 0.938. The van der Waals surface area contributed by atoms with Crippen molar-refractivity contribution in [2.45, 2.75) is 58.4 Å². The SMILES string of the molecule is CN=C(NCC(C)(C)N1CC(C)OC(C)C1)NC(C)COC.I. The molecule has 1 aliphatic heterocycles. The van der Waals surface area contributed by atoms with Crippen molar-refractivity contribution in [2.24, 2.45) is 4.99 Å². The Kier molecular flexibility index (Phi) is 10.6. The molecule has 0 radical (unpaired) electrons. The Bertz CT molecular complexity index is 356. The molecule has 1 saturated heterocycles. The van der Waals surface area contributed by atoms with Crippen molar-refractivity contribution in [3.05, 3.63) is 0 Å². The van der Waals surface area contributed by atoms with E-state index < -0.39 is 0 Å². The number of hydrogen-bond acceptors (Lipinski definition) is 4. The lowest BCUT2D eigenvalue weighted by molar-refractivity contribution is -0.0946. The van der Waals surface area contributed by atoms with Crippen LogP contribution in [0, 0.1) is 0 Å². The van der Waals surface area contributed by atoms with Gasteiger partial charge in [0.1, 0.15) is 0 Å². The van der Waals surface area contributed by atoms with Gasteiger partial charge in [-0.3, -0.25) is 9.89 Å². The van der Waals surface area contributed by atoms with Crippen LogP contribution in [0.1, 0.15) is 34.6 Å². The Morgan fingerprint density at radius 1 is 1.35 bits per heavy atom. The van der Waals surface area contributed by atoms with Gasteiger partial charge in [-0.15, -0.1) is 24.0 Å². The average molecular weight is 442 g/mol. The van der Waals surface area contributed by atoms with Crippen molar-refractivity contribution in [2.75, 3.05) is 40.4 Å². The lowest BCUT2D eigenvalue weighted by atomic mass is 10.00. The predicted octanol–water partition coefficient (Wildman–Crippen LogP) is 1.69. The van der Waals surface area contributed by atoms with E-state index in [1.165, 1.54) is 0 Å². The van der Waals surface area contributed by atoms with Crippen molar-refractivity contribution in [1.82, 2.24) is 15.5 Å². The van der Waals surface area contributed by atoms with Gasteiger partial charge < -0.3 is 20.1 Å². The molecule has 0 aromatic heterocycles. The molecule has 7 heteroatoms. The number of guanidine groups is 1. The van der Waals surface area contributed by atoms with Crippen LogP contribution < -0.4 is 10.6 Å². The molecule has 1 heterocycles. The van der Waals surface area contributed by atoms with Gasteiger partial charge in [0.2, 0.25) is 0 Å². The molecule has 2 N–H and O–H groups in total. The Balaban J connectivity index is 0.00000484. The highest BCUT2D eigenvalue weighted by Gasteiger charge is 2.33. The molecule has 0 spiro atoms. The van der Waals surface area contributed by atoms with Gasteiger partial charge in [-0.2, -0.15) is 0 Å². The van der Waals surface area contributed by atoms with Crippen LogP contribution >= 0.6 is 24.0 Å². The second kappa shape index (κ2) is 10.7. The number of morpholine rings is 1. The topological polar surface area (TPSA) is 58.1 Å². The number of nitrogens with zero attached hydrogens (tertiary/aromatic N) is 2. The van der Waals surface area contributed by atoms with Crippen molar-refractivity contribution in [3.8, 4) is 0 Å². The molecule has 1 rings (SSSR count). The molecule has 1 aliphatic rings. The predicted molar refractivity (Wildman–Crippen MR) is 107 cm³/mol. The summed E-state index contributed by atoms with van der Waals surface area (Å²) in [6, 6.07) is 0.225. The molecule has 3 unspecified atom stereocenters. The third-order valence-electron chi connectivity index (χ3n) is 3.99. The molecule has 3 atom stereocenters. The molecular formula is C16H35IN4O2. The molecule has 23 heavy (non-hydrogen) atoms. The maximum Gasteiger partial charge on any atom is 0.191 e. The average Bonchev–Trinajstić information content (AvgIpc) is 2.42. The summed E-state index contributed by atoms with van der Waals surface area (Å²) in [6.45, 7) is 14.3. The van der Waals surface area contributed by atoms with Crippen LogP contribution in [-0.4, -0.2) is 75.0 Å². The molecule has 0 aromatic carbocycles. The minimum absolute atomic E-state index is 0. The van der Waals surface area contributed by atoms with E-state index in [0.717, 1.165) is 25.6 Å². The summed E-state index contributed by atoms with van der Waals surface area (Å²) in [5, 5.41) is 6.76. The first-order valence-electron chi connectivity index (χ1n) is 8.15. The fourth-order valence-electron chi connectivity index (χ4n) is 2.80. The standard InChI is InChI=1S/C16H34N4O2.HI/c1-12(10-21-7)19-15(17-6)18-11-16(4,5)20-8-13(2)22-14(3)9-20;/h12-14H,8-11H2,1-7H3,(H2,17,18,19);1H. The smallest absolute Gasteiger partial charge is 0.191 e. The summed E-state index contributed by atoms with van der Waals surface area (Å²) >= 11 is 0. The van der Waals surface area contributed by atoms with E-state index in [4.69, 9.17) is 9.47 Å². The first kappa shape index (κ1) is 22.9. The molecule has 0 aromatic rings. The van der Waals surface area contributed by atoms with Crippen LogP contribution in [-0.2, 0) is 9.47 Å². The minimum Gasteiger partial charge on any atom is -0.383 e. The van der Waals surface area contributed by atoms with Gasteiger partial charge in [-0.05, 0) is 34.6 Å². The van der Waals surface area contributed by atoms with Crippen LogP contribution in [0.15, 0.2) is 4.99 Å². The zero-order valence-electron chi connectivity index (χ0n) is 15.7. The Hall–Kier alpha value is -0.120. The zero-order chi connectivity index (χ0) is 16.8. The molecule has 138 valence electrons. The zero-order valence-corrected chi connectivity index (χ0v) is 18.0. The maximum absolute atomic E-state index is 5.83. The minimum atomic E-state index is 0. The monoisotopic (exact) mass is 442 g/mol. The normalized spacial score (nSPS) is 24.7. The Labute approximate surface area is 158 Å². The molecule has 0 bridgehead atoms. The molecule has 1 fully saturated rings. The van der Waals surface area contributed by atoms with Crippen molar-refractivity contribution >= 4 is 29.9 Å². The van der Waals surface area contributed by atoms with E-state index in [0.29, 0.717) is 6.61 Å². The van der Waals surface area contributed by atoms with Crippen LogP contribution in [0.5, 0.6) is 0 Å². The number of nitrogens with one attached hydrogen (secondary N) is 2. The molecular weight excluding hydrogens is 407 g/mol. The van der Waals surface area contributed by atoms with Crippen LogP contribution in [0.3, 0.4) is 0 Å². The van der Waals surface area contributed by atoms with Gasteiger partial charge in [0, 0.05) is 45.4 Å². The number of aliphatic imine (C=N–C) groups is 1. The third-order valence-corrected chi connectivity index (χ3v) is 3.99. The van der Waals surface area contributed by atoms with E-state index in [-0.39, 0.29) is 47.8 Å². The molecule has 0 saturated carbocycles. The van der Waals surface area contributed by atoms with Crippen molar-refractivity contribution < 1.29 is 9.47 Å². The van der Waals surface area contributed by atoms with Gasteiger partial charge >= 0.3 is 0 Å². The summed E-state index contributed by atoms with van der Waals surface area (Å²) in [7, 11) is 3.50. The van der Waals surface area contributed by atoms with Crippen LogP contribution in [0.2, 0.25) is 0 Å². The number of halogens is 1. The summed E-state index contributed by atoms with van der Waals surface area (Å²) < 4.78 is 11.0. The lowest BCUT2D eigenvalue weighted by Gasteiger charge is -2.45. The highest BCUT2D eigenvalue weighted by molar-refractivity contribution is 14.0. The summed E-state index contributed by atoms with van der Waals surface area (Å²) in [6.07, 6.45) is 0.560. The van der Waals surface area contributed by atoms with Gasteiger partial charge in [-0.1, -0.05) is 0 Å². The number of methoxy groups -OCH3 is 1. The fourth-order valence-corrected chi connectivity index (χ4v) is 2.80. The molecule has 0 amide bonds. The van der Waals surface area contributed by atoms with Gasteiger partial charge in [0.15, 0.2) is 5.96 Å². The highest BCUT2D eigenvalue weighted by atomic mass is 127. The van der Waals surface area contributed by atoms with Crippen molar-refractivity contribution in [3.63, 3.8) is 0 Å². The highest BCUT2D eigenvalue weighted by Crippen LogP contribution is 2.20. The lowest BCUT2D eigenvalue weighted by Crippen LogP contribution is -2.59. The van der Waals surface area contributed by atoms with E-state index in [2.05, 4.69) is 55.1 Å². The first-order valence-corrected chi connectivity index (χ1v) is 8.15. The Morgan fingerprint density at radius 3 is 2.39 bits per heavy atom. The quantitative estimate of drug-likeness (QED) is 0.373. The van der Waals surface area contributed by atoms with E-state index in [1.807, 2.05) is 0 Å². The molecule has 6 nitrogen and oxygen atoms in total. The summed E-state index contributed by atoms with van der Waals surface area (Å²) in [5.41, 5.74) is 0.0361. The largest absolute Gasteiger partial charge is 0.383 e. The number of ether oxygens (including phenoxy) is 2. The van der Waals surface area contributed by atoms with Gasteiger partial charge in [0.05, 0.1) is 18.8 Å². The Morgan fingerprint density at radius 2 is 1.91 bits per heavy atom. The van der Waals surface area contributed by atoms with E-state index in [9.17, 15) is 0 Å². The van der Waals surface area contributed by atoms with Gasteiger partial charge in [0.25, 0.3) is 0 Å². The number of rotatable bonds is 6.